The molecule has 0 saturated heterocycles. The van der Waals surface area contributed by atoms with E-state index in [0.717, 1.165) is 12.8 Å². The zero-order valence-corrected chi connectivity index (χ0v) is 11.3. The lowest BCUT2D eigenvalue weighted by Gasteiger charge is -2.49. The monoisotopic (exact) mass is 236 g/mol. The fourth-order valence-electron chi connectivity index (χ4n) is 4.21. The van der Waals surface area contributed by atoms with Crippen molar-refractivity contribution in [3.8, 4) is 0 Å². The van der Waals surface area contributed by atoms with Crippen molar-refractivity contribution in [1.82, 2.24) is 0 Å². The lowest BCUT2D eigenvalue weighted by Crippen LogP contribution is -2.48. The first-order chi connectivity index (χ1) is 8.06. The van der Waals surface area contributed by atoms with E-state index in [1.165, 1.54) is 5.57 Å². The molecule has 2 nitrogen and oxygen atoms in total. The summed E-state index contributed by atoms with van der Waals surface area (Å²) in [5, 5.41) is 0. The van der Waals surface area contributed by atoms with E-state index < -0.39 is 0 Å². The second-order valence-corrected chi connectivity index (χ2v) is 6.15. The predicted octanol–water partition coefficient (Wildman–Crippen LogP) is 3.42. The van der Waals surface area contributed by atoms with E-state index in [1.807, 2.05) is 0 Å². The molecule has 2 rings (SSSR count). The Hall–Kier alpha value is -0.790. The van der Waals surface area contributed by atoms with Crippen LogP contribution in [-0.4, -0.2) is 12.6 Å². The van der Waals surface area contributed by atoms with Gasteiger partial charge in [0.2, 0.25) is 0 Å². The number of rotatable bonds is 2. The van der Waals surface area contributed by atoms with Gasteiger partial charge in [-0.2, -0.15) is 0 Å². The second-order valence-electron chi connectivity index (χ2n) is 6.15. The van der Waals surface area contributed by atoms with Gasteiger partial charge < -0.3 is 4.74 Å². The van der Waals surface area contributed by atoms with E-state index >= 15 is 0 Å². The SMILES string of the molecule is CC1=CC[C@H](C)C2C(OC=O)C(C)C[C@H](C)C12. The van der Waals surface area contributed by atoms with E-state index in [1.54, 1.807) is 0 Å². The van der Waals surface area contributed by atoms with Gasteiger partial charge in [-0.15, -0.1) is 0 Å². The third-order valence-electron chi connectivity index (χ3n) is 4.92. The molecule has 0 aromatic carbocycles. The molecule has 2 heteroatoms. The standard InChI is InChI=1S/C15H24O2/c1-9-5-6-10(2)14-13(9)11(3)7-12(4)15(14)17-8-16/h5,8,10-15H,6-7H2,1-4H3/t10-,11-,12?,13?,14?,15?/m0/s1. The molecule has 4 unspecified atom stereocenters. The van der Waals surface area contributed by atoms with Crippen LogP contribution in [0.1, 0.15) is 40.5 Å². The van der Waals surface area contributed by atoms with Crippen LogP contribution in [0.25, 0.3) is 0 Å². The molecule has 0 N–H and O–H groups in total. The summed E-state index contributed by atoms with van der Waals surface area (Å²) < 4.78 is 5.42. The van der Waals surface area contributed by atoms with Gasteiger partial charge in [0.15, 0.2) is 0 Å². The summed E-state index contributed by atoms with van der Waals surface area (Å²) in [4.78, 5) is 10.7. The van der Waals surface area contributed by atoms with Gasteiger partial charge in [-0.05, 0) is 43.4 Å². The Morgan fingerprint density at radius 2 is 1.94 bits per heavy atom. The van der Waals surface area contributed by atoms with Crippen molar-refractivity contribution in [2.24, 2.45) is 29.6 Å². The highest BCUT2D eigenvalue weighted by molar-refractivity contribution is 5.38. The molecular formula is C15H24O2. The van der Waals surface area contributed by atoms with Crippen molar-refractivity contribution >= 4 is 6.47 Å². The molecule has 0 bridgehead atoms. The summed E-state index contributed by atoms with van der Waals surface area (Å²) in [5.74, 6) is 2.95. The maximum absolute atomic E-state index is 10.7. The molecule has 0 aliphatic heterocycles. The number of hydrogen-bond acceptors (Lipinski definition) is 2. The van der Waals surface area contributed by atoms with Gasteiger partial charge in [0.1, 0.15) is 6.10 Å². The highest BCUT2D eigenvalue weighted by atomic mass is 16.5. The number of carbonyl (C=O) groups excluding carboxylic acids is 1. The second kappa shape index (κ2) is 4.83. The maximum Gasteiger partial charge on any atom is 0.293 e. The number of fused-ring (bicyclic) bond motifs is 1. The molecule has 0 aromatic heterocycles. The van der Waals surface area contributed by atoms with Crippen molar-refractivity contribution in [3.63, 3.8) is 0 Å². The van der Waals surface area contributed by atoms with Crippen LogP contribution in [0.2, 0.25) is 0 Å². The van der Waals surface area contributed by atoms with E-state index in [4.69, 9.17) is 4.74 Å². The highest BCUT2D eigenvalue weighted by Gasteiger charge is 2.46. The summed E-state index contributed by atoms with van der Waals surface area (Å²) in [6.07, 6.45) is 4.80. The van der Waals surface area contributed by atoms with Gasteiger partial charge in [0.05, 0.1) is 0 Å². The number of carbonyl (C=O) groups is 1. The molecule has 6 atom stereocenters. The average molecular weight is 236 g/mol. The van der Waals surface area contributed by atoms with Gasteiger partial charge in [0.25, 0.3) is 6.47 Å². The topological polar surface area (TPSA) is 26.3 Å². The third-order valence-corrected chi connectivity index (χ3v) is 4.92. The Morgan fingerprint density at radius 3 is 2.59 bits per heavy atom. The van der Waals surface area contributed by atoms with Crippen LogP contribution in [0.5, 0.6) is 0 Å². The molecular weight excluding hydrogens is 212 g/mol. The molecule has 0 heterocycles. The normalized spacial score (nSPS) is 45.8. The lowest BCUT2D eigenvalue weighted by molar-refractivity contribution is -0.148. The molecule has 0 aromatic rings. The zero-order valence-electron chi connectivity index (χ0n) is 11.3. The van der Waals surface area contributed by atoms with Crippen molar-refractivity contribution in [3.05, 3.63) is 11.6 Å². The first-order valence-electron chi connectivity index (χ1n) is 6.82. The number of ether oxygens (including phenoxy) is 1. The fraction of sp³-hybridized carbons (Fsp3) is 0.800. The first-order valence-corrected chi connectivity index (χ1v) is 6.82. The molecule has 0 amide bonds. The van der Waals surface area contributed by atoms with Crippen molar-refractivity contribution < 1.29 is 9.53 Å². The summed E-state index contributed by atoms with van der Waals surface area (Å²) in [7, 11) is 0. The summed E-state index contributed by atoms with van der Waals surface area (Å²) in [6, 6.07) is 0. The van der Waals surface area contributed by atoms with E-state index in [0.29, 0.717) is 36.1 Å². The summed E-state index contributed by atoms with van der Waals surface area (Å²) in [5.41, 5.74) is 1.51. The molecule has 1 saturated carbocycles. The molecule has 0 spiro atoms. The minimum atomic E-state index is 0.118. The molecule has 1 fully saturated rings. The van der Waals surface area contributed by atoms with Gasteiger partial charge in [-0.1, -0.05) is 32.4 Å². The number of allylic oxidation sites excluding steroid dienone is 2. The predicted molar refractivity (Wildman–Crippen MR) is 68.4 cm³/mol. The van der Waals surface area contributed by atoms with Crippen molar-refractivity contribution in [2.75, 3.05) is 0 Å². The highest BCUT2D eigenvalue weighted by Crippen LogP contribution is 2.49. The Morgan fingerprint density at radius 1 is 1.24 bits per heavy atom. The molecule has 2 aliphatic rings. The minimum absolute atomic E-state index is 0.118. The number of hydrogen-bond donors (Lipinski definition) is 0. The van der Waals surface area contributed by atoms with E-state index in [9.17, 15) is 4.79 Å². The zero-order chi connectivity index (χ0) is 12.6. The Kier molecular flexibility index (Phi) is 3.60. The van der Waals surface area contributed by atoms with E-state index in [2.05, 4.69) is 33.8 Å². The Bertz CT molecular complexity index is 321. The van der Waals surface area contributed by atoms with Crippen LogP contribution in [-0.2, 0) is 9.53 Å². The molecule has 0 radical (unpaired) electrons. The Labute approximate surface area is 104 Å². The molecule has 17 heavy (non-hydrogen) atoms. The quantitative estimate of drug-likeness (QED) is 0.542. The van der Waals surface area contributed by atoms with E-state index in [-0.39, 0.29) is 6.10 Å². The van der Waals surface area contributed by atoms with Crippen molar-refractivity contribution in [1.29, 1.82) is 0 Å². The summed E-state index contributed by atoms with van der Waals surface area (Å²) >= 11 is 0. The van der Waals surface area contributed by atoms with Crippen LogP contribution in [0.4, 0.5) is 0 Å². The summed E-state index contributed by atoms with van der Waals surface area (Å²) in [6.45, 7) is 9.76. The smallest absolute Gasteiger partial charge is 0.293 e. The van der Waals surface area contributed by atoms with Crippen LogP contribution in [0, 0.1) is 29.6 Å². The Balaban J connectivity index is 2.31. The third kappa shape index (κ3) is 2.14. The van der Waals surface area contributed by atoms with Gasteiger partial charge in [-0.3, -0.25) is 4.79 Å². The van der Waals surface area contributed by atoms with Gasteiger partial charge in [-0.25, -0.2) is 0 Å². The minimum Gasteiger partial charge on any atom is -0.464 e. The van der Waals surface area contributed by atoms with Gasteiger partial charge >= 0.3 is 0 Å². The average Bonchev–Trinajstić information content (AvgIpc) is 2.27. The van der Waals surface area contributed by atoms with Crippen LogP contribution < -0.4 is 0 Å². The molecule has 96 valence electrons. The van der Waals surface area contributed by atoms with Crippen LogP contribution in [0.3, 0.4) is 0 Å². The van der Waals surface area contributed by atoms with Gasteiger partial charge in [0, 0.05) is 5.92 Å². The molecule has 2 aliphatic carbocycles. The van der Waals surface area contributed by atoms with Crippen molar-refractivity contribution in [2.45, 2.75) is 46.6 Å². The lowest BCUT2D eigenvalue weighted by atomic mass is 9.58. The largest absolute Gasteiger partial charge is 0.464 e. The fourth-order valence-corrected chi connectivity index (χ4v) is 4.21. The van der Waals surface area contributed by atoms with Crippen LogP contribution in [0.15, 0.2) is 11.6 Å². The maximum atomic E-state index is 10.7. The first kappa shape index (κ1) is 12.7. The van der Waals surface area contributed by atoms with Crippen LogP contribution >= 0.6 is 0 Å².